The molecule has 6 heteroatoms. The fraction of sp³-hybridized carbons (Fsp3) is 0.0909. The average Bonchev–Trinajstić information content (AvgIpc) is 2.33. The normalized spacial score (nSPS) is 10.2. The molecule has 0 aliphatic carbocycles. The summed E-state index contributed by atoms with van der Waals surface area (Å²) in [4.78, 5) is 8.19. The molecule has 88 valence electrons. The molecule has 0 spiro atoms. The van der Waals surface area contributed by atoms with Crippen molar-refractivity contribution in [1.82, 2.24) is 9.97 Å². The monoisotopic (exact) mass is 357 g/mol. The number of nitrogen functional groups attached to an aromatic ring is 1. The van der Waals surface area contributed by atoms with Crippen LogP contribution in [0.3, 0.4) is 0 Å². The third kappa shape index (κ3) is 3.17. The number of ether oxygens (including phenoxy) is 1. The van der Waals surface area contributed by atoms with Crippen LogP contribution < -0.4 is 10.5 Å². The minimum Gasteiger partial charge on any atom is -0.471 e. The smallest absolute Gasteiger partial charge is 0.249 e. The van der Waals surface area contributed by atoms with Crippen LogP contribution in [0.2, 0.25) is 0 Å². The molecule has 4 nitrogen and oxygen atoms in total. The van der Waals surface area contributed by atoms with Crippen LogP contribution in [-0.4, -0.2) is 9.97 Å². The molecule has 2 N–H and O–H groups in total. The first kappa shape index (κ1) is 12.3. The second-order valence-electron chi connectivity index (χ2n) is 3.27. The van der Waals surface area contributed by atoms with E-state index < -0.39 is 0 Å². The molecule has 0 unspecified atom stereocenters. The lowest BCUT2D eigenvalue weighted by molar-refractivity contribution is 0.290. The third-order valence-corrected chi connectivity index (χ3v) is 3.12. The van der Waals surface area contributed by atoms with E-state index in [0.717, 1.165) is 5.56 Å². The van der Waals surface area contributed by atoms with Crippen LogP contribution in [0, 0.1) is 0 Å². The van der Waals surface area contributed by atoms with E-state index >= 15 is 0 Å². The molecule has 0 aliphatic heterocycles. The summed E-state index contributed by atoms with van der Waals surface area (Å²) in [6.45, 7) is 0.426. The molecule has 2 rings (SSSR count). The van der Waals surface area contributed by atoms with Gasteiger partial charge in [0.2, 0.25) is 5.88 Å². The van der Waals surface area contributed by atoms with E-state index in [-0.39, 0.29) is 0 Å². The minimum absolute atomic E-state index is 0.302. The Morgan fingerprint density at radius 1 is 1.06 bits per heavy atom. The van der Waals surface area contributed by atoms with Gasteiger partial charge < -0.3 is 10.5 Å². The van der Waals surface area contributed by atoms with E-state index in [1.165, 1.54) is 0 Å². The Morgan fingerprint density at radius 3 is 2.47 bits per heavy atom. The van der Waals surface area contributed by atoms with E-state index in [9.17, 15) is 0 Å². The molecule has 1 aromatic heterocycles. The predicted octanol–water partition coefficient (Wildman–Crippen LogP) is 3.16. The first-order chi connectivity index (χ1) is 8.16. The standard InChI is InChI=1S/C11H9Br2N3O/c12-8-10(14)16-11(9(13)15-8)17-6-7-4-2-1-3-5-7/h1-5H,6H2,(H2,14,16). The highest BCUT2D eigenvalue weighted by molar-refractivity contribution is 9.11. The van der Waals surface area contributed by atoms with E-state index in [2.05, 4.69) is 41.8 Å². The molecular formula is C11H9Br2N3O. The highest BCUT2D eigenvalue weighted by atomic mass is 79.9. The molecule has 0 radical (unpaired) electrons. The molecule has 0 aliphatic rings. The maximum atomic E-state index is 5.64. The van der Waals surface area contributed by atoms with Crippen LogP contribution in [0.25, 0.3) is 0 Å². The van der Waals surface area contributed by atoms with Gasteiger partial charge in [-0.15, -0.1) is 0 Å². The van der Waals surface area contributed by atoms with Crippen LogP contribution in [0.1, 0.15) is 5.56 Å². The number of anilines is 1. The number of nitrogens with two attached hydrogens (primary N) is 1. The molecule has 0 saturated heterocycles. The minimum atomic E-state index is 0.302. The van der Waals surface area contributed by atoms with E-state index in [0.29, 0.717) is 27.5 Å². The molecule has 0 saturated carbocycles. The van der Waals surface area contributed by atoms with Gasteiger partial charge in [-0.1, -0.05) is 30.3 Å². The Labute approximate surface area is 115 Å². The predicted molar refractivity (Wildman–Crippen MR) is 72.6 cm³/mol. The second kappa shape index (κ2) is 5.46. The SMILES string of the molecule is Nc1nc(OCc2ccccc2)c(Br)nc1Br. The lowest BCUT2D eigenvalue weighted by Gasteiger charge is -2.08. The summed E-state index contributed by atoms with van der Waals surface area (Å²) in [6.07, 6.45) is 0. The van der Waals surface area contributed by atoms with Crippen LogP contribution >= 0.6 is 31.9 Å². The van der Waals surface area contributed by atoms with Gasteiger partial charge in [-0.25, -0.2) is 4.98 Å². The Balaban J connectivity index is 2.12. The molecule has 1 heterocycles. The fourth-order valence-electron chi connectivity index (χ4n) is 1.21. The second-order valence-corrected chi connectivity index (χ2v) is 4.77. The summed E-state index contributed by atoms with van der Waals surface area (Å²) in [6, 6.07) is 9.81. The van der Waals surface area contributed by atoms with E-state index in [1.54, 1.807) is 0 Å². The van der Waals surface area contributed by atoms with Crippen LogP contribution in [0.4, 0.5) is 5.82 Å². The summed E-state index contributed by atoms with van der Waals surface area (Å²) in [5, 5.41) is 0. The summed E-state index contributed by atoms with van der Waals surface area (Å²) in [7, 11) is 0. The zero-order valence-corrected chi connectivity index (χ0v) is 11.9. The van der Waals surface area contributed by atoms with Crippen molar-refractivity contribution in [1.29, 1.82) is 0 Å². The van der Waals surface area contributed by atoms with Gasteiger partial charge in [-0.3, -0.25) is 0 Å². The Morgan fingerprint density at radius 2 is 1.76 bits per heavy atom. The topological polar surface area (TPSA) is 61.0 Å². The average molecular weight is 359 g/mol. The van der Waals surface area contributed by atoms with Gasteiger partial charge in [0.1, 0.15) is 11.2 Å². The largest absolute Gasteiger partial charge is 0.471 e. The summed E-state index contributed by atoms with van der Waals surface area (Å²) in [5.41, 5.74) is 6.70. The van der Waals surface area contributed by atoms with E-state index in [4.69, 9.17) is 10.5 Å². The Kier molecular flexibility index (Phi) is 3.96. The zero-order chi connectivity index (χ0) is 12.3. The first-order valence-corrected chi connectivity index (χ1v) is 6.40. The molecular weight excluding hydrogens is 350 g/mol. The van der Waals surface area contributed by atoms with Gasteiger partial charge in [0.15, 0.2) is 10.4 Å². The quantitative estimate of drug-likeness (QED) is 0.915. The Bertz CT molecular complexity index is 520. The zero-order valence-electron chi connectivity index (χ0n) is 8.73. The summed E-state index contributed by atoms with van der Waals surface area (Å²) in [5.74, 6) is 0.686. The van der Waals surface area contributed by atoms with Crippen LogP contribution in [0.15, 0.2) is 39.5 Å². The summed E-state index contributed by atoms with van der Waals surface area (Å²) >= 11 is 6.46. The molecule has 0 amide bonds. The van der Waals surface area contributed by atoms with Crippen molar-refractivity contribution in [2.24, 2.45) is 0 Å². The van der Waals surface area contributed by atoms with Crippen molar-refractivity contribution in [3.05, 3.63) is 45.1 Å². The number of halogens is 2. The molecule has 0 atom stereocenters. The first-order valence-electron chi connectivity index (χ1n) is 4.82. The van der Waals surface area contributed by atoms with E-state index in [1.807, 2.05) is 30.3 Å². The Hall–Kier alpha value is -1.14. The summed E-state index contributed by atoms with van der Waals surface area (Å²) < 4.78 is 6.56. The number of aromatic nitrogens is 2. The lowest BCUT2D eigenvalue weighted by Crippen LogP contribution is -2.02. The van der Waals surface area contributed by atoms with Crippen LogP contribution in [0.5, 0.6) is 5.88 Å². The molecule has 0 bridgehead atoms. The van der Waals surface area contributed by atoms with Crippen molar-refractivity contribution >= 4 is 37.7 Å². The van der Waals surface area contributed by atoms with Crippen LogP contribution in [-0.2, 0) is 6.61 Å². The van der Waals surface area contributed by atoms with Crippen molar-refractivity contribution in [2.75, 3.05) is 5.73 Å². The molecule has 2 aromatic rings. The van der Waals surface area contributed by atoms with Gasteiger partial charge >= 0.3 is 0 Å². The molecule has 1 aromatic carbocycles. The highest BCUT2D eigenvalue weighted by Gasteiger charge is 2.09. The van der Waals surface area contributed by atoms with Crippen molar-refractivity contribution in [2.45, 2.75) is 6.61 Å². The number of benzene rings is 1. The molecule has 0 fully saturated rings. The van der Waals surface area contributed by atoms with Gasteiger partial charge in [0.05, 0.1) is 0 Å². The highest BCUT2D eigenvalue weighted by Crippen LogP contribution is 2.26. The number of hydrogen-bond donors (Lipinski definition) is 1. The lowest BCUT2D eigenvalue weighted by atomic mass is 10.2. The van der Waals surface area contributed by atoms with Crippen molar-refractivity contribution in [3.63, 3.8) is 0 Å². The van der Waals surface area contributed by atoms with Gasteiger partial charge in [-0.05, 0) is 37.4 Å². The maximum Gasteiger partial charge on any atom is 0.249 e. The number of nitrogens with zero attached hydrogens (tertiary/aromatic N) is 2. The van der Waals surface area contributed by atoms with Crippen molar-refractivity contribution < 1.29 is 4.74 Å². The molecule has 17 heavy (non-hydrogen) atoms. The van der Waals surface area contributed by atoms with Gasteiger partial charge in [-0.2, -0.15) is 4.98 Å². The van der Waals surface area contributed by atoms with Gasteiger partial charge in [0, 0.05) is 0 Å². The fourth-order valence-corrected chi connectivity index (χ4v) is 2.10. The van der Waals surface area contributed by atoms with Crippen molar-refractivity contribution in [3.8, 4) is 5.88 Å². The number of rotatable bonds is 3. The van der Waals surface area contributed by atoms with Gasteiger partial charge in [0.25, 0.3) is 0 Å². The number of hydrogen-bond acceptors (Lipinski definition) is 4. The maximum absolute atomic E-state index is 5.64. The third-order valence-electron chi connectivity index (χ3n) is 2.02.